The highest BCUT2D eigenvalue weighted by Crippen LogP contribution is 2.25. The summed E-state index contributed by atoms with van der Waals surface area (Å²) in [7, 11) is -1.09. The summed E-state index contributed by atoms with van der Waals surface area (Å²) in [4.78, 5) is 28.2. The summed E-state index contributed by atoms with van der Waals surface area (Å²) >= 11 is 12.3. The number of carbonyl (C=O) groups is 2. The predicted molar refractivity (Wildman–Crippen MR) is 146 cm³/mol. The second-order valence-corrected chi connectivity index (χ2v) is 11.5. The van der Waals surface area contributed by atoms with Crippen molar-refractivity contribution in [2.75, 3.05) is 20.6 Å². The minimum absolute atomic E-state index is 0.0268. The molecule has 10 heteroatoms. The summed E-state index contributed by atoms with van der Waals surface area (Å²) in [6.45, 7) is 1.43. The Labute approximate surface area is 228 Å². The average Bonchev–Trinajstić information content (AvgIpc) is 2.88. The van der Waals surface area contributed by atoms with E-state index in [0.29, 0.717) is 15.6 Å². The van der Waals surface area contributed by atoms with Crippen molar-refractivity contribution >= 4 is 45.0 Å². The first-order valence-electron chi connectivity index (χ1n) is 11.5. The van der Waals surface area contributed by atoms with Gasteiger partial charge in [-0.2, -0.15) is 4.31 Å². The van der Waals surface area contributed by atoms with E-state index in [1.165, 1.54) is 31.1 Å². The number of hydrogen-bond acceptors (Lipinski definition) is 4. The molecular weight excluding hydrogens is 533 g/mol. The largest absolute Gasteiger partial charge is 0.357 e. The standard InChI is InChI=1S/C27H29Cl2N3O4S/c1-19-9-12-22(13-10-19)37(35,36)31(3)18-26(33)32(17-21-11-14-23(28)24(29)15-21)25(27(34)30-2)16-20-7-5-4-6-8-20/h4-15,25H,16-18H2,1-3H3,(H,30,34)/t25-/m0/s1. The minimum atomic E-state index is -3.93. The van der Waals surface area contributed by atoms with Gasteiger partial charge in [0, 0.05) is 27.1 Å². The molecule has 0 saturated heterocycles. The second kappa shape index (κ2) is 12.6. The van der Waals surface area contributed by atoms with Crippen molar-refractivity contribution < 1.29 is 18.0 Å². The summed E-state index contributed by atoms with van der Waals surface area (Å²) in [5.41, 5.74) is 2.41. The second-order valence-electron chi connectivity index (χ2n) is 8.66. The number of amides is 2. The quantitative estimate of drug-likeness (QED) is 0.399. The molecule has 3 aromatic carbocycles. The fraction of sp³-hybridized carbons (Fsp3) is 0.259. The highest BCUT2D eigenvalue weighted by Gasteiger charge is 2.32. The van der Waals surface area contributed by atoms with Crippen LogP contribution in [0.25, 0.3) is 0 Å². The lowest BCUT2D eigenvalue weighted by atomic mass is 10.0. The zero-order chi connectivity index (χ0) is 27.2. The van der Waals surface area contributed by atoms with Crippen LogP contribution in [0, 0.1) is 6.92 Å². The van der Waals surface area contributed by atoms with Crippen LogP contribution in [0.2, 0.25) is 10.0 Å². The summed E-state index contributed by atoms with van der Waals surface area (Å²) in [5, 5.41) is 3.30. The molecule has 0 bridgehead atoms. The highest BCUT2D eigenvalue weighted by molar-refractivity contribution is 7.89. The number of nitrogens with one attached hydrogen (secondary N) is 1. The third kappa shape index (κ3) is 7.32. The third-order valence-electron chi connectivity index (χ3n) is 5.94. The molecule has 0 heterocycles. The van der Waals surface area contributed by atoms with Crippen molar-refractivity contribution in [1.29, 1.82) is 0 Å². The van der Waals surface area contributed by atoms with Gasteiger partial charge in [0.25, 0.3) is 0 Å². The molecule has 0 radical (unpaired) electrons. The first kappa shape index (κ1) is 28.7. The van der Waals surface area contributed by atoms with E-state index >= 15 is 0 Å². The maximum absolute atomic E-state index is 13.7. The van der Waals surface area contributed by atoms with Crippen molar-refractivity contribution in [3.05, 3.63) is 99.5 Å². The zero-order valence-corrected chi connectivity index (χ0v) is 23.1. The van der Waals surface area contributed by atoms with Gasteiger partial charge in [0.05, 0.1) is 21.5 Å². The van der Waals surface area contributed by atoms with Gasteiger partial charge in [0.1, 0.15) is 6.04 Å². The van der Waals surface area contributed by atoms with E-state index in [4.69, 9.17) is 23.2 Å². The summed E-state index contributed by atoms with van der Waals surface area (Å²) < 4.78 is 27.3. The van der Waals surface area contributed by atoms with E-state index in [2.05, 4.69) is 5.32 Å². The number of nitrogens with zero attached hydrogens (tertiary/aromatic N) is 2. The van der Waals surface area contributed by atoms with Crippen LogP contribution in [0.4, 0.5) is 0 Å². The van der Waals surface area contributed by atoms with Crippen LogP contribution >= 0.6 is 23.2 Å². The number of halogens is 2. The van der Waals surface area contributed by atoms with Crippen molar-refractivity contribution in [3.8, 4) is 0 Å². The lowest BCUT2D eigenvalue weighted by molar-refractivity contribution is -0.141. The molecular formula is C27H29Cl2N3O4S. The van der Waals surface area contributed by atoms with E-state index in [1.54, 1.807) is 30.3 Å². The van der Waals surface area contributed by atoms with E-state index in [-0.39, 0.29) is 23.8 Å². The SMILES string of the molecule is CNC(=O)[C@H](Cc1ccccc1)N(Cc1ccc(Cl)c(Cl)c1)C(=O)CN(C)S(=O)(=O)c1ccc(C)cc1. The Morgan fingerprint density at radius 1 is 0.919 bits per heavy atom. The Kier molecular flexibility index (Phi) is 9.73. The molecule has 0 aliphatic heterocycles. The number of sulfonamides is 1. The Hall–Kier alpha value is -2.91. The van der Waals surface area contributed by atoms with Crippen LogP contribution < -0.4 is 5.32 Å². The molecule has 0 aliphatic rings. The van der Waals surface area contributed by atoms with Gasteiger partial charge in [0.15, 0.2) is 0 Å². The van der Waals surface area contributed by atoms with Crippen molar-refractivity contribution in [2.24, 2.45) is 0 Å². The van der Waals surface area contributed by atoms with Gasteiger partial charge in [-0.3, -0.25) is 9.59 Å². The lowest BCUT2D eigenvalue weighted by Crippen LogP contribution is -2.52. The molecule has 0 unspecified atom stereocenters. The monoisotopic (exact) mass is 561 g/mol. The first-order valence-corrected chi connectivity index (χ1v) is 13.7. The van der Waals surface area contributed by atoms with Crippen molar-refractivity contribution in [1.82, 2.24) is 14.5 Å². The maximum atomic E-state index is 13.7. The fourth-order valence-corrected chi connectivity index (χ4v) is 5.25. The van der Waals surface area contributed by atoms with E-state index in [0.717, 1.165) is 15.4 Å². The Morgan fingerprint density at radius 2 is 1.57 bits per heavy atom. The van der Waals surface area contributed by atoms with Gasteiger partial charge in [-0.05, 0) is 42.3 Å². The van der Waals surface area contributed by atoms with Gasteiger partial charge in [-0.15, -0.1) is 0 Å². The van der Waals surface area contributed by atoms with Crippen LogP contribution in [-0.2, 0) is 32.6 Å². The van der Waals surface area contributed by atoms with Crippen LogP contribution in [0.15, 0.2) is 77.7 Å². The molecule has 2 amide bonds. The number of likely N-dealkylation sites (N-methyl/N-ethyl adjacent to an activating group) is 2. The molecule has 1 N–H and O–H groups in total. The molecule has 0 aliphatic carbocycles. The summed E-state index contributed by atoms with van der Waals surface area (Å²) in [6, 6.07) is 19.7. The normalized spacial score (nSPS) is 12.3. The van der Waals surface area contributed by atoms with Crippen molar-refractivity contribution in [2.45, 2.75) is 30.8 Å². The first-order chi connectivity index (χ1) is 17.5. The third-order valence-corrected chi connectivity index (χ3v) is 8.50. The van der Waals surface area contributed by atoms with Crippen LogP contribution in [0.5, 0.6) is 0 Å². The maximum Gasteiger partial charge on any atom is 0.243 e. The molecule has 0 fully saturated rings. The Balaban J connectivity index is 1.95. The molecule has 3 aromatic rings. The number of rotatable bonds is 10. The Bertz CT molecular complexity index is 1350. The van der Waals surface area contributed by atoms with Gasteiger partial charge in [-0.1, -0.05) is 77.3 Å². The Morgan fingerprint density at radius 3 is 2.16 bits per heavy atom. The molecule has 0 spiro atoms. The smallest absolute Gasteiger partial charge is 0.243 e. The summed E-state index contributed by atoms with van der Waals surface area (Å²) in [6.07, 6.45) is 0.238. The molecule has 0 saturated carbocycles. The number of carbonyl (C=O) groups excluding carboxylic acids is 2. The van der Waals surface area contributed by atoms with Crippen molar-refractivity contribution in [3.63, 3.8) is 0 Å². The summed E-state index contributed by atoms with van der Waals surface area (Å²) in [5.74, 6) is -0.907. The van der Waals surface area contributed by atoms with Crippen LogP contribution in [0.1, 0.15) is 16.7 Å². The average molecular weight is 563 g/mol. The van der Waals surface area contributed by atoms with Crippen LogP contribution in [-0.4, -0.2) is 56.1 Å². The number of hydrogen-bond donors (Lipinski definition) is 1. The van der Waals surface area contributed by atoms with E-state index in [9.17, 15) is 18.0 Å². The molecule has 37 heavy (non-hydrogen) atoms. The molecule has 196 valence electrons. The van der Waals surface area contributed by atoms with Crippen LogP contribution in [0.3, 0.4) is 0 Å². The molecule has 1 atom stereocenters. The zero-order valence-electron chi connectivity index (χ0n) is 20.8. The van der Waals surface area contributed by atoms with E-state index in [1.807, 2.05) is 37.3 Å². The number of benzene rings is 3. The van der Waals surface area contributed by atoms with Gasteiger partial charge >= 0.3 is 0 Å². The number of aryl methyl sites for hydroxylation is 1. The van der Waals surface area contributed by atoms with E-state index < -0.39 is 28.5 Å². The molecule has 0 aromatic heterocycles. The van der Waals surface area contributed by atoms with Gasteiger partial charge in [-0.25, -0.2) is 8.42 Å². The van der Waals surface area contributed by atoms with Gasteiger partial charge < -0.3 is 10.2 Å². The minimum Gasteiger partial charge on any atom is -0.357 e. The molecule has 7 nitrogen and oxygen atoms in total. The highest BCUT2D eigenvalue weighted by atomic mass is 35.5. The van der Waals surface area contributed by atoms with Gasteiger partial charge in [0.2, 0.25) is 21.8 Å². The topological polar surface area (TPSA) is 86.8 Å². The molecule has 3 rings (SSSR count). The fourth-order valence-electron chi connectivity index (χ4n) is 3.81. The predicted octanol–water partition coefficient (Wildman–Crippen LogP) is 4.31. The lowest BCUT2D eigenvalue weighted by Gasteiger charge is -2.32.